The molecule has 1 radical (unpaired) electrons. The van der Waals surface area contributed by atoms with E-state index in [9.17, 15) is 14.4 Å². The highest BCUT2D eigenvalue weighted by Crippen LogP contribution is 2.23. The molecule has 0 aliphatic carbocycles. The van der Waals surface area contributed by atoms with E-state index in [2.05, 4.69) is 27.2 Å². The summed E-state index contributed by atoms with van der Waals surface area (Å²) in [6.45, 7) is 0.225. The lowest BCUT2D eigenvalue weighted by Crippen LogP contribution is -2.51. The predicted molar refractivity (Wildman–Crippen MR) is 147 cm³/mol. The topological polar surface area (TPSA) is 103 Å². The SMILES string of the molecule is O=C(NNC(=S)N[C@H](CCN1C(=O)c2ccccc2C1=O)Cc1ccccc1)c1nccc2c[c]ccc12. The van der Waals surface area contributed by atoms with Crippen LogP contribution in [0.2, 0.25) is 0 Å². The van der Waals surface area contributed by atoms with Gasteiger partial charge < -0.3 is 5.32 Å². The first-order valence-electron chi connectivity index (χ1n) is 12.1. The molecule has 1 aliphatic heterocycles. The number of nitrogens with one attached hydrogen (secondary N) is 3. The molecular formula is C29H24N5O3S. The number of imide groups is 1. The van der Waals surface area contributed by atoms with E-state index in [0.717, 1.165) is 10.9 Å². The Balaban J connectivity index is 1.23. The van der Waals surface area contributed by atoms with Crippen molar-refractivity contribution in [3.8, 4) is 0 Å². The van der Waals surface area contributed by atoms with Gasteiger partial charge in [0.15, 0.2) is 5.11 Å². The summed E-state index contributed by atoms with van der Waals surface area (Å²) >= 11 is 5.45. The number of rotatable bonds is 7. The molecule has 9 heteroatoms. The van der Waals surface area contributed by atoms with E-state index in [4.69, 9.17) is 12.2 Å². The first-order chi connectivity index (χ1) is 18.5. The van der Waals surface area contributed by atoms with Crippen LogP contribution in [-0.2, 0) is 6.42 Å². The van der Waals surface area contributed by atoms with E-state index in [0.29, 0.717) is 29.4 Å². The number of hydrazine groups is 1. The number of carbonyl (C=O) groups excluding carboxylic acids is 3. The fraction of sp³-hybridized carbons (Fsp3) is 0.138. The molecule has 3 N–H and O–H groups in total. The van der Waals surface area contributed by atoms with Crippen LogP contribution in [0.1, 0.15) is 43.2 Å². The molecule has 4 aromatic rings. The molecule has 1 aliphatic rings. The minimum Gasteiger partial charge on any atom is -0.358 e. The lowest BCUT2D eigenvalue weighted by Gasteiger charge is -2.23. The maximum Gasteiger partial charge on any atom is 0.288 e. The predicted octanol–water partition coefficient (Wildman–Crippen LogP) is 3.44. The molecule has 3 aromatic carbocycles. The summed E-state index contributed by atoms with van der Waals surface area (Å²) in [5.41, 5.74) is 7.52. The van der Waals surface area contributed by atoms with Crippen LogP contribution in [0.3, 0.4) is 0 Å². The van der Waals surface area contributed by atoms with Crippen LogP contribution in [0, 0.1) is 6.07 Å². The highest BCUT2D eigenvalue weighted by molar-refractivity contribution is 7.80. The van der Waals surface area contributed by atoms with Crippen molar-refractivity contribution in [1.82, 2.24) is 26.1 Å². The summed E-state index contributed by atoms with van der Waals surface area (Å²) in [5, 5.41) is 4.97. The van der Waals surface area contributed by atoms with Crippen molar-refractivity contribution >= 4 is 45.8 Å². The molecule has 0 unspecified atom stereocenters. The average Bonchev–Trinajstić information content (AvgIpc) is 3.19. The summed E-state index contributed by atoms with van der Waals surface area (Å²) in [7, 11) is 0. The van der Waals surface area contributed by atoms with Crippen LogP contribution in [0.15, 0.2) is 85.1 Å². The zero-order valence-electron chi connectivity index (χ0n) is 20.3. The molecule has 3 amide bonds. The number of benzene rings is 3. The van der Waals surface area contributed by atoms with Crippen molar-refractivity contribution in [2.75, 3.05) is 6.54 Å². The number of nitrogens with zero attached hydrogens (tertiary/aromatic N) is 2. The Hall–Kier alpha value is -4.63. The smallest absolute Gasteiger partial charge is 0.288 e. The Bertz CT molecular complexity index is 1480. The molecule has 38 heavy (non-hydrogen) atoms. The molecule has 2 heterocycles. The fourth-order valence-electron chi connectivity index (χ4n) is 4.48. The summed E-state index contributed by atoms with van der Waals surface area (Å²) in [5.74, 6) is -1.02. The second kappa shape index (κ2) is 11.2. The minimum absolute atomic E-state index is 0.204. The largest absolute Gasteiger partial charge is 0.358 e. The van der Waals surface area contributed by atoms with E-state index in [1.165, 1.54) is 4.90 Å². The van der Waals surface area contributed by atoms with Gasteiger partial charge in [-0.25, -0.2) is 0 Å². The van der Waals surface area contributed by atoms with E-state index >= 15 is 0 Å². The third-order valence-corrected chi connectivity index (χ3v) is 6.57. The van der Waals surface area contributed by atoms with Crippen molar-refractivity contribution < 1.29 is 14.4 Å². The molecule has 0 saturated heterocycles. The van der Waals surface area contributed by atoms with Gasteiger partial charge in [-0.2, -0.15) is 0 Å². The number of aromatic nitrogens is 1. The van der Waals surface area contributed by atoms with Gasteiger partial charge in [0.05, 0.1) is 11.1 Å². The van der Waals surface area contributed by atoms with Gasteiger partial charge in [0.1, 0.15) is 5.69 Å². The molecule has 0 bridgehead atoms. The van der Waals surface area contributed by atoms with Gasteiger partial charge in [-0.1, -0.05) is 54.6 Å². The van der Waals surface area contributed by atoms with E-state index in [1.54, 1.807) is 48.7 Å². The van der Waals surface area contributed by atoms with E-state index in [1.807, 2.05) is 36.4 Å². The first-order valence-corrected chi connectivity index (χ1v) is 12.5. The average molecular weight is 523 g/mol. The zero-order chi connectivity index (χ0) is 26.5. The van der Waals surface area contributed by atoms with Crippen molar-refractivity contribution in [2.45, 2.75) is 18.9 Å². The number of amides is 3. The fourth-order valence-corrected chi connectivity index (χ4v) is 4.70. The molecule has 0 saturated carbocycles. The van der Waals surface area contributed by atoms with E-state index in [-0.39, 0.29) is 35.2 Å². The van der Waals surface area contributed by atoms with Crippen LogP contribution < -0.4 is 16.2 Å². The second-order valence-electron chi connectivity index (χ2n) is 8.84. The first kappa shape index (κ1) is 25.0. The number of hydrogen-bond donors (Lipinski definition) is 3. The minimum atomic E-state index is -0.434. The van der Waals surface area contributed by atoms with Gasteiger partial charge in [-0.05, 0) is 66.3 Å². The Morgan fingerprint density at radius 3 is 2.39 bits per heavy atom. The van der Waals surface area contributed by atoms with E-state index < -0.39 is 5.91 Å². The molecule has 1 atom stereocenters. The number of carbonyl (C=O) groups is 3. The number of hydrogen-bond acceptors (Lipinski definition) is 5. The van der Waals surface area contributed by atoms with Gasteiger partial charge >= 0.3 is 0 Å². The zero-order valence-corrected chi connectivity index (χ0v) is 21.1. The molecule has 1 aromatic heterocycles. The van der Waals surface area contributed by atoms with Gasteiger partial charge in [-0.3, -0.25) is 35.1 Å². The van der Waals surface area contributed by atoms with Gasteiger partial charge in [-0.15, -0.1) is 0 Å². The Morgan fingerprint density at radius 1 is 0.947 bits per heavy atom. The third kappa shape index (κ3) is 5.37. The van der Waals surface area contributed by atoms with Crippen molar-refractivity contribution in [2.24, 2.45) is 0 Å². The van der Waals surface area contributed by atoms with Gasteiger partial charge in [0.2, 0.25) is 0 Å². The number of fused-ring (bicyclic) bond motifs is 2. The highest BCUT2D eigenvalue weighted by Gasteiger charge is 2.35. The Kier molecular flexibility index (Phi) is 7.37. The highest BCUT2D eigenvalue weighted by atomic mass is 32.1. The van der Waals surface area contributed by atoms with Crippen LogP contribution in [0.5, 0.6) is 0 Å². The monoisotopic (exact) mass is 522 g/mol. The number of pyridine rings is 1. The summed E-state index contributed by atoms with van der Waals surface area (Å²) in [4.78, 5) is 43.9. The summed E-state index contributed by atoms with van der Waals surface area (Å²) in [6.07, 6.45) is 2.62. The van der Waals surface area contributed by atoms with Gasteiger partial charge in [0.25, 0.3) is 17.7 Å². The normalized spacial score (nSPS) is 13.2. The molecule has 189 valence electrons. The lowest BCUT2D eigenvalue weighted by molar-refractivity contribution is 0.0648. The molecule has 0 fully saturated rings. The molecular weight excluding hydrogens is 498 g/mol. The maximum atomic E-state index is 12.8. The molecule has 0 spiro atoms. The third-order valence-electron chi connectivity index (χ3n) is 6.35. The molecule has 8 nitrogen and oxygen atoms in total. The Morgan fingerprint density at radius 2 is 1.66 bits per heavy atom. The standard InChI is InChI=1S/C29H24N5O3S/c35-26(25-22-11-5-4-10-20(22)14-16-30-25)32-33-29(38)31-21(18-19-8-2-1-3-9-19)15-17-34-27(36)23-12-6-7-13-24(23)28(34)37/h1-3,5-14,16,21H,15,17-18H2,(H,32,35)(H2,31,33,38)/t21-/m1/s1. The van der Waals surface area contributed by atoms with Crippen molar-refractivity contribution in [1.29, 1.82) is 0 Å². The lowest BCUT2D eigenvalue weighted by atomic mass is 10.0. The van der Waals surface area contributed by atoms with Crippen molar-refractivity contribution in [3.05, 3.63) is 114 Å². The van der Waals surface area contributed by atoms with Gasteiger partial charge in [0, 0.05) is 24.2 Å². The van der Waals surface area contributed by atoms with Crippen LogP contribution in [0.4, 0.5) is 0 Å². The summed E-state index contributed by atoms with van der Waals surface area (Å²) in [6, 6.07) is 26.5. The Labute approximate surface area is 225 Å². The maximum absolute atomic E-state index is 12.8. The second-order valence-corrected chi connectivity index (χ2v) is 9.25. The molecule has 5 rings (SSSR count). The van der Waals surface area contributed by atoms with Crippen LogP contribution in [0.25, 0.3) is 10.8 Å². The van der Waals surface area contributed by atoms with Crippen LogP contribution in [-0.4, -0.2) is 45.3 Å². The quantitative estimate of drug-likeness (QED) is 0.194. The number of thiocarbonyl (C=S) groups is 1. The summed E-state index contributed by atoms with van der Waals surface area (Å²) < 4.78 is 0. The van der Waals surface area contributed by atoms with Crippen molar-refractivity contribution in [3.63, 3.8) is 0 Å². The van der Waals surface area contributed by atoms with Crippen LogP contribution >= 0.6 is 12.2 Å².